The molecule has 0 bridgehead atoms. The Labute approximate surface area is 158 Å². The SMILES string of the molecule is Cc1ccc(OCC(=O)Nc2ccc(Nc3ccc(C#N)cc3)cc2)cc1. The predicted molar refractivity (Wildman–Crippen MR) is 106 cm³/mol. The van der Waals surface area contributed by atoms with Crippen LogP contribution in [0.25, 0.3) is 0 Å². The van der Waals surface area contributed by atoms with Crippen LogP contribution in [0.15, 0.2) is 72.8 Å². The van der Waals surface area contributed by atoms with Gasteiger partial charge in [-0.15, -0.1) is 0 Å². The highest BCUT2D eigenvalue weighted by molar-refractivity contribution is 5.92. The molecule has 1 amide bonds. The number of hydrogen-bond acceptors (Lipinski definition) is 4. The Bertz CT molecular complexity index is 941. The van der Waals surface area contributed by atoms with E-state index in [1.807, 2.05) is 67.6 Å². The van der Waals surface area contributed by atoms with E-state index in [4.69, 9.17) is 10.00 Å². The number of rotatable bonds is 6. The Balaban J connectivity index is 1.51. The van der Waals surface area contributed by atoms with Crippen molar-refractivity contribution >= 4 is 23.0 Å². The molecule has 0 aromatic heterocycles. The van der Waals surface area contributed by atoms with E-state index in [0.29, 0.717) is 17.0 Å². The third kappa shape index (κ3) is 5.35. The molecule has 0 saturated carbocycles. The molecule has 0 saturated heterocycles. The van der Waals surface area contributed by atoms with Crippen LogP contribution in [0.1, 0.15) is 11.1 Å². The van der Waals surface area contributed by atoms with Crippen LogP contribution >= 0.6 is 0 Å². The van der Waals surface area contributed by atoms with Crippen LogP contribution in [0.4, 0.5) is 17.1 Å². The highest BCUT2D eigenvalue weighted by atomic mass is 16.5. The largest absolute Gasteiger partial charge is 0.484 e. The Morgan fingerprint density at radius 1 is 0.889 bits per heavy atom. The maximum atomic E-state index is 12.0. The summed E-state index contributed by atoms with van der Waals surface area (Å²) in [5.74, 6) is 0.445. The van der Waals surface area contributed by atoms with Gasteiger partial charge in [0, 0.05) is 17.1 Å². The van der Waals surface area contributed by atoms with Gasteiger partial charge in [0.2, 0.25) is 0 Å². The quantitative estimate of drug-likeness (QED) is 0.675. The first-order valence-electron chi connectivity index (χ1n) is 8.49. The van der Waals surface area contributed by atoms with Gasteiger partial charge in [-0.25, -0.2) is 0 Å². The molecule has 5 heteroatoms. The third-order valence-electron chi connectivity index (χ3n) is 3.86. The first-order chi connectivity index (χ1) is 13.1. The van der Waals surface area contributed by atoms with Crippen molar-refractivity contribution in [2.24, 2.45) is 0 Å². The number of nitrogens with one attached hydrogen (secondary N) is 2. The van der Waals surface area contributed by atoms with E-state index in [1.165, 1.54) is 0 Å². The molecule has 0 aliphatic rings. The van der Waals surface area contributed by atoms with Crippen molar-refractivity contribution < 1.29 is 9.53 Å². The fourth-order valence-electron chi connectivity index (χ4n) is 2.41. The molecule has 3 aromatic carbocycles. The summed E-state index contributed by atoms with van der Waals surface area (Å²) in [7, 11) is 0. The van der Waals surface area contributed by atoms with Crippen molar-refractivity contribution in [3.05, 3.63) is 83.9 Å². The van der Waals surface area contributed by atoms with Crippen molar-refractivity contribution in [1.29, 1.82) is 5.26 Å². The zero-order valence-corrected chi connectivity index (χ0v) is 14.9. The monoisotopic (exact) mass is 357 g/mol. The van der Waals surface area contributed by atoms with E-state index in [-0.39, 0.29) is 12.5 Å². The molecule has 0 fully saturated rings. The van der Waals surface area contributed by atoms with Crippen LogP contribution in [0, 0.1) is 18.3 Å². The lowest BCUT2D eigenvalue weighted by Gasteiger charge is -2.10. The number of aryl methyl sites for hydroxylation is 1. The normalized spacial score (nSPS) is 9.93. The van der Waals surface area contributed by atoms with Gasteiger partial charge < -0.3 is 15.4 Å². The van der Waals surface area contributed by atoms with Gasteiger partial charge in [-0.1, -0.05) is 17.7 Å². The molecular weight excluding hydrogens is 338 g/mol. The molecule has 0 unspecified atom stereocenters. The summed E-state index contributed by atoms with van der Waals surface area (Å²) < 4.78 is 5.47. The van der Waals surface area contributed by atoms with Gasteiger partial charge in [0.25, 0.3) is 5.91 Å². The zero-order chi connectivity index (χ0) is 19.1. The molecule has 2 N–H and O–H groups in total. The van der Waals surface area contributed by atoms with E-state index in [9.17, 15) is 4.79 Å². The summed E-state index contributed by atoms with van der Waals surface area (Å²) in [5.41, 5.74) is 4.22. The average Bonchev–Trinajstić information content (AvgIpc) is 2.70. The molecule has 3 rings (SSSR count). The molecule has 0 aliphatic carbocycles. The molecule has 0 radical (unpaired) electrons. The number of carbonyl (C=O) groups excluding carboxylic acids is 1. The summed E-state index contributed by atoms with van der Waals surface area (Å²) in [6.07, 6.45) is 0. The Morgan fingerprint density at radius 3 is 2.04 bits per heavy atom. The molecule has 134 valence electrons. The van der Waals surface area contributed by atoms with Gasteiger partial charge >= 0.3 is 0 Å². The Kier molecular flexibility index (Phi) is 5.70. The van der Waals surface area contributed by atoms with Gasteiger partial charge in [0.05, 0.1) is 11.6 Å². The van der Waals surface area contributed by atoms with Crippen LogP contribution < -0.4 is 15.4 Å². The summed E-state index contributed by atoms with van der Waals surface area (Å²) in [4.78, 5) is 12.0. The lowest BCUT2D eigenvalue weighted by Crippen LogP contribution is -2.20. The number of benzene rings is 3. The van der Waals surface area contributed by atoms with Crippen LogP contribution in [0.3, 0.4) is 0 Å². The van der Waals surface area contributed by atoms with E-state index >= 15 is 0 Å². The van der Waals surface area contributed by atoms with Crippen molar-refractivity contribution in [2.45, 2.75) is 6.92 Å². The van der Waals surface area contributed by atoms with Crippen LogP contribution in [0.2, 0.25) is 0 Å². The number of ether oxygens (including phenoxy) is 1. The lowest BCUT2D eigenvalue weighted by atomic mass is 10.2. The third-order valence-corrected chi connectivity index (χ3v) is 3.86. The van der Waals surface area contributed by atoms with Crippen molar-refractivity contribution in [2.75, 3.05) is 17.2 Å². The van der Waals surface area contributed by atoms with Crippen molar-refractivity contribution in [3.8, 4) is 11.8 Å². The van der Waals surface area contributed by atoms with Gasteiger partial charge in [0.15, 0.2) is 6.61 Å². The van der Waals surface area contributed by atoms with Crippen LogP contribution in [-0.4, -0.2) is 12.5 Å². The summed E-state index contributed by atoms with van der Waals surface area (Å²) in [5, 5.41) is 14.9. The van der Waals surface area contributed by atoms with E-state index in [0.717, 1.165) is 16.9 Å². The minimum absolute atomic E-state index is 0.0473. The van der Waals surface area contributed by atoms with Crippen molar-refractivity contribution in [1.82, 2.24) is 0 Å². The fourth-order valence-corrected chi connectivity index (χ4v) is 2.41. The second kappa shape index (κ2) is 8.54. The Hall–Kier alpha value is -3.78. The predicted octanol–water partition coefficient (Wildman–Crippen LogP) is 4.63. The Morgan fingerprint density at radius 2 is 1.44 bits per heavy atom. The highest BCUT2D eigenvalue weighted by Gasteiger charge is 2.04. The average molecular weight is 357 g/mol. The number of nitrogens with zero attached hydrogens (tertiary/aromatic N) is 1. The lowest BCUT2D eigenvalue weighted by molar-refractivity contribution is -0.118. The highest BCUT2D eigenvalue weighted by Crippen LogP contribution is 2.19. The zero-order valence-electron chi connectivity index (χ0n) is 14.9. The first kappa shape index (κ1) is 18.0. The molecule has 27 heavy (non-hydrogen) atoms. The molecule has 0 atom stereocenters. The summed E-state index contributed by atoms with van der Waals surface area (Å²) in [6, 6.07) is 24.2. The first-order valence-corrected chi connectivity index (χ1v) is 8.49. The molecule has 5 nitrogen and oxygen atoms in total. The minimum atomic E-state index is -0.219. The molecule has 0 spiro atoms. The second-order valence-electron chi connectivity index (χ2n) is 6.04. The minimum Gasteiger partial charge on any atom is -0.484 e. The second-order valence-corrected chi connectivity index (χ2v) is 6.04. The van der Waals surface area contributed by atoms with Crippen LogP contribution in [-0.2, 0) is 4.79 Å². The maximum Gasteiger partial charge on any atom is 0.262 e. The molecule has 0 aliphatic heterocycles. The van der Waals surface area contributed by atoms with Crippen molar-refractivity contribution in [3.63, 3.8) is 0 Å². The number of amides is 1. The van der Waals surface area contributed by atoms with Gasteiger partial charge in [-0.3, -0.25) is 4.79 Å². The number of nitriles is 1. The van der Waals surface area contributed by atoms with Gasteiger partial charge in [-0.05, 0) is 67.6 Å². The van der Waals surface area contributed by atoms with E-state index in [1.54, 1.807) is 12.1 Å². The molecule has 0 heterocycles. The summed E-state index contributed by atoms with van der Waals surface area (Å²) >= 11 is 0. The molecule has 3 aromatic rings. The van der Waals surface area contributed by atoms with E-state index < -0.39 is 0 Å². The molecular formula is C22H19N3O2. The standard InChI is InChI=1S/C22H19N3O2/c1-16-2-12-21(13-3-16)27-15-22(26)25-20-10-8-19(9-11-20)24-18-6-4-17(14-23)5-7-18/h2-13,24H,15H2,1H3,(H,25,26). The maximum absolute atomic E-state index is 12.0. The summed E-state index contributed by atoms with van der Waals surface area (Å²) in [6.45, 7) is 1.95. The van der Waals surface area contributed by atoms with Gasteiger partial charge in [0.1, 0.15) is 5.75 Å². The smallest absolute Gasteiger partial charge is 0.262 e. The number of hydrogen-bond donors (Lipinski definition) is 2. The fraction of sp³-hybridized carbons (Fsp3) is 0.0909. The number of anilines is 3. The van der Waals surface area contributed by atoms with Crippen LogP contribution in [0.5, 0.6) is 5.75 Å². The number of carbonyl (C=O) groups is 1. The topological polar surface area (TPSA) is 74.2 Å². The van der Waals surface area contributed by atoms with Gasteiger partial charge in [-0.2, -0.15) is 5.26 Å². The van der Waals surface area contributed by atoms with E-state index in [2.05, 4.69) is 16.7 Å².